The van der Waals surface area contributed by atoms with Gasteiger partial charge in [-0.2, -0.15) is 4.31 Å². The monoisotopic (exact) mass is 458 g/mol. The molecule has 1 amide bonds. The van der Waals surface area contributed by atoms with Gasteiger partial charge in [0.25, 0.3) is 0 Å². The highest BCUT2D eigenvalue weighted by atomic mass is 35.5. The number of nitrogens with one attached hydrogen (secondary N) is 1. The van der Waals surface area contributed by atoms with Crippen LogP contribution in [0.5, 0.6) is 0 Å². The van der Waals surface area contributed by atoms with Crippen LogP contribution in [-0.2, 0) is 26.0 Å². The van der Waals surface area contributed by atoms with Crippen molar-refractivity contribution in [2.75, 3.05) is 26.8 Å². The van der Waals surface area contributed by atoms with Crippen LogP contribution in [0, 0.1) is 0 Å². The molecule has 6 nitrogen and oxygen atoms in total. The predicted octanol–water partition coefficient (Wildman–Crippen LogP) is 3.38. The number of hydrogen-bond acceptors (Lipinski definition) is 4. The van der Waals surface area contributed by atoms with Gasteiger partial charge >= 0.3 is 0 Å². The zero-order valence-corrected chi connectivity index (χ0v) is 18.6. The molecule has 0 aromatic heterocycles. The number of amides is 1. The number of hydrogen-bond donors (Lipinski definition) is 1. The second-order valence-electron chi connectivity index (χ2n) is 6.57. The second kappa shape index (κ2) is 10.9. The van der Waals surface area contributed by atoms with Crippen LogP contribution in [0.25, 0.3) is 0 Å². The summed E-state index contributed by atoms with van der Waals surface area (Å²) in [5, 5.41) is 3.02. The van der Waals surface area contributed by atoms with E-state index in [1.54, 1.807) is 6.92 Å². The molecule has 158 valence electrons. The topological polar surface area (TPSA) is 75.7 Å². The summed E-state index contributed by atoms with van der Waals surface area (Å²) in [5.41, 5.74) is 0.957. The third-order valence-electron chi connectivity index (χ3n) is 4.15. The molecular formula is C20H24Cl2N2O4S. The molecule has 1 atom stereocenters. The fourth-order valence-corrected chi connectivity index (χ4v) is 4.90. The Balaban J connectivity index is 2.27. The number of ether oxygens (including phenoxy) is 1. The number of sulfonamides is 1. The molecule has 2 aromatic carbocycles. The molecule has 9 heteroatoms. The maximum atomic E-state index is 13.3. The number of carbonyl (C=O) groups excluding carboxylic acids is 1. The zero-order chi connectivity index (χ0) is 21.4. The molecule has 2 aromatic rings. The summed E-state index contributed by atoms with van der Waals surface area (Å²) in [6.45, 7) is 1.87. The fraction of sp³-hybridized carbons (Fsp3) is 0.350. The molecular weight excluding hydrogens is 435 g/mol. The lowest BCUT2D eigenvalue weighted by molar-refractivity contribution is -0.122. The van der Waals surface area contributed by atoms with E-state index in [9.17, 15) is 13.2 Å². The number of methoxy groups -OCH3 is 1. The summed E-state index contributed by atoms with van der Waals surface area (Å²) in [7, 11) is -2.51. The molecule has 0 unspecified atom stereocenters. The van der Waals surface area contributed by atoms with Crippen molar-refractivity contribution in [1.29, 1.82) is 0 Å². The molecule has 0 aliphatic heterocycles. The van der Waals surface area contributed by atoms with Gasteiger partial charge in [0.05, 0.1) is 18.2 Å². The summed E-state index contributed by atoms with van der Waals surface area (Å²) < 4.78 is 32.6. The van der Waals surface area contributed by atoms with Gasteiger partial charge in [0.2, 0.25) is 15.9 Å². The molecule has 0 saturated heterocycles. The molecule has 2 rings (SSSR count). The first-order chi connectivity index (χ1) is 13.7. The van der Waals surface area contributed by atoms with E-state index in [0.717, 1.165) is 9.87 Å². The van der Waals surface area contributed by atoms with Crippen molar-refractivity contribution in [2.45, 2.75) is 24.3 Å². The first kappa shape index (κ1) is 23.6. The summed E-state index contributed by atoms with van der Waals surface area (Å²) in [6.07, 6.45) is 0.444. The van der Waals surface area contributed by atoms with Gasteiger partial charge in [-0.25, -0.2) is 8.42 Å². The average Bonchev–Trinajstić information content (AvgIpc) is 2.67. The molecule has 0 aliphatic rings. The van der Waals surface area contributed by atoms with Crippen molar-refractivity contribution in [3.8, 4) is 0 Å². The van der Waals surface area contributed by atoms with Crippen LogP contribution >= 0.6 is 23.2 Å². The van der Waals surface area contributed by atoms with E-state index in [4.69, 9.17) is 27.9 Å². The summed E-state index contributed by atoms with van der Waals surface area (Å²) in [5.74, 6) is -0.427. The van der Waals surface area contributed by atoms with E-state index in [0.29, 0.717) is 13.0 Å². The Kier molecular flexibility index (Phi) is 8.92. The first-order valence-corrected chi connectivity index (χ1v) is 11.2. The highest BCUT2D eigenvalue weighted by Crippen LogP contribution is 2.27. The Morgan fingerprint density at radius 1 is 1.17 bits per heavy atom. The van der Waals surface area contributed by atoms with Crippen molar-refractivity contribution in [2.24, 2.45) is 0 Å². The highest BCUT2D eigenvalue weighted by Gasteiger charge is 2.29. The summed E-state index contributed by atoms with van der Waals surface area (Å²) in [6, 6.07) is 13.4. The fourth-order valence-electron chi connectivity index (χ4n) is 2.77. The maximum absolute atomic E-state index is 13.3. The van der Waals surface area contributed by atoms with Crippen LogP contribution in [0.3, 0.4) is 0 Å². The lowest BCUT2D eigenvalue weighted by Gasteiger charge is -2.23. The summed E-state index contributed by atoms with van der Waals surface area (Å²) in [4.78, 5) is 12.3. The zero-order valence-electron chi connectivity index (χ0n) is 16.3. The van der Waals surface area contributed by atoms with Gasteiger partial charge in [0.15, 0.2) is 0 Å². The quantitative estimate of drug-likeness (QED) is 0.591. The molecule has 0 spiro atoms. The van der Waals surface area contributed by atoms with E-state index in [2.05, 4.69) is 5.32 Å². The van der Waals surface area contributed by atoms with Gasteiger partial charge in [-0.15, -0.1) is 0 Å². The van der Waals surface area contributed by atoms with Gasteiger partial charge < -0.3 is 10.1 Å². The van der Waals surface area contributed by atoms with Crippen molar-refractivity contribution >= 4 is 39.1 Å². The van der Waals surface area contributed by atoms with E-state index in [1.807, 2.05) is 30.3 Å². The maximum Gasteiger partial charge on any atom is 0.245 e. The molecule has 1 N–H and O–H groups in total. The normalized spacial score (nSPS) is 12.7. The lowest BCUT2D eigenvalue weighted by atomic mass is 10.1. The minimum Gasteiger partial charge on any atom is -0.383 e. The third kappa shape index (κ3) is 6.97. The number of nitrogens with zero attached hydrogens (tertiary/aromatic N) is 1. The number of benzene rings is 2. The van der Waals surface area contributed by atoms with Crippen molar-refractivity contribution in [3.63, 3.8) is 0 Å². The van der Waals surface area contributed by atoms with Crippen molar-refractivity contribution in [1.82, 2.24) is 9.62 Å². The molecule has 0 radical (unpaired) electrons. The van der Waals surface area contributed by atoms with Crippen LogP contribution in [0.2, 0.25) is 10.0 Å². The van der Waals surface area contributed by atoms with Gasteiger partial charge in [-0.1, -0.05) is 53.5 Å². The molecule has 0 saturated carbocycles. The minimum atomic E-state index is -4.04. The van der Waals surface area contributed by atoms with Crippen LogP contribution < -0.4 is 5.32 Å². The predicted molar refractivity (Wildman–Crippen MR) is 115 cm³/mol. The summed E-state index contributed by atoms with van der Waals surface area (Å²) >= 11 is 12.1. The van der Waals surface area contributed by atoms with Crippen molar-refractivity contribution in [3.05, 3.63) is 64.1 Å². The lowest BCUT2D eigenvalue weighted by Crippen LogP contribution is -2.45. The van der Waals surface area contributed by atoms with Gasteiger partial charge in [0.1, 0.15) is 4.90 Å². The first-order valence-electron chi connectivity index (χ1n) is 9.01. The number of rotatable bonds is 10. The van der Waals surface area contributed by atoms with Gasteiger partial charge in [0, 0.05) is 24.7 Å². The average molecular weight is 459 g/mol. The molecule has 0 heterocycles. The largest absolute Gasteiger partial charge is 0.383 e. The molecule has 0 bridgehead atoms. The Labute approximate surface area is 181 Å². The molecule has 29 heavy (non-hydrogen) atoms. The van der Waals surface area contributed by atoms with Gasteiger partial charge in [-0.05, 0) is 37.1 Å². The Morgan fingerprint density at radius 3 is 2.52 bits per heavy atom. The minimum absolute atomic E-state index is 0.0484. The van der Waals surface area contributed by atoms with Crippen LogP contribution in [0.15, 0.2) is 53.4 Å². The Hall–Kier alpha value is -1.64. The Bertz CT molecular complexity index is 923. The third-order valence-corrected chi connectivity index (χ3v) is 6.71. The SMILES string of the molecule is COC[C@H](C)NC(=O)CN(CCc1ccccc1)S(=O)(=O)c1cc(Cl)ccc1Cl. The van der Waals surface area contributed by atoms with E-state index >= 15 is 0 Å². The number of carbonyl (C=O) groups is 1. The molecule has 0 fully saturated rings. The smallest absolute Gasteiger partial charge is 0.245 e. The highest BCUT2D eigenvalue weighted by molar-refractivity contribution is 7.89. The van der Waals surface area contributed by atoms with Gasteiger partial charge in [-0.3, -0.25) is 4.79 Å². The molecule has 0 aliphatic carbocycles. The van der Waals surface area contributed by atoms with Crippen LogP contribution in [0.1, 0.15) is 12.5 Å². The Morgan fingerprint density at radius 2 is 1.86 bits per heavy atom. The van der Waals surface area contributed by atoms with E-state index < -0.39 is 15.9 Å². The van der Waals surface area contributed by atoms with Crippen molar-refractivity contribution < 1.29 is 17.9 Å². The second-order valence-corrected chi connectivity index (χ2v) is 9.32. The number of halogens is 2. The van der Waals surface area contributed by atoms with Crippen LogP contribution in [-0.4, -0.2) is 51.5 Å². The standard InChI is InChI=1S/C20H24Cl2N2O4S/c1-15(14-28-2)23-20(25)13-24(11-10-16-6-4-3-5-7-16)29(26,27)19-12-17(21)8-9-18(19)22/h3-9,12,15H,10-11,13-14H2,1-2H3,(H,23,25)/t15-/m0/s1. The van der Waals surface area contributed by atoms with E-state index in [-0.39, 0.29) is 34.1 Å². The van der Waals surface area contributed by atoms with E-state index in [1.165, 1.54) is 25.3 Å². The van der Waals surface area contributed by atoms with Crippen LogP contribution in [0.4, 0.5) is 0 Å².